The van der Waals surface area contributed by atoms with E-state index in [2.05, 4.69) is 34.6 Å². The Bertz CT molecular complexity index is 1080. The highest BCUT2D eigenvalue weighted by Gasteiger charge is 2.18. The van der Waals surface area contributed by atoms with Gasteiger partial charge in [-0.2, -0.15) is 10.2 Å². The summed E-state index contributed by atoms with van der Waals surface area (Å²) in [6.07, 6.45) is 2.99. The predicted molar refractivity (Wildman–Crippen MR) is 109 cm³/mol. The third kappa shape index (κ3) is 4.07. The minimum absolute atomic E-state index is 0.0596. The first-order chi connectivity index (χ1) is 14.0. The second kappa shape index (κ2) is 8.16. The zero-order valence-electron chi connectivity index (χ0n) is 16.7. The van der Waals surface area contributed by atoms with E-state index < -0.39 is 0 Å². The van der Waals surface area contributed by atoms with Crippen LogP contribution < -0.4 is 10.9 Å². The fourth-order valence-electron chi connectivity index (χ4n) is 3.56. The van der Waals surface area contributed by atoms with Gasteiger partial charge in [0.1, 0.15) is 17.9 Å². The van der Waals surface area contributed by atoms with Crippen LogP contribution in [0.1, 0.15) is 31.2 Å². The van der Waals surface area contributed by atoms with Gasteiger partial charge in [0.25, 0.3) is 5.56 Å². The molecule has 0 radical (unpaired) electrons. The summed E-state index contributed by atoms with van der Waals surface area (Å²) in [5, 5.41) is 11.6. The van der Waals surface area contributed by atoms with Gasteiger partial charge in [0.15, 0.2) is 0 Å². The lowest BCUT2D eigenvalue weighted by Crippen LogP contribution is -2.38. The van der Waals surface area contributed by atoms with E-state index in [1.807, 2.05) is 12.1 Å². The Morgan fingerprint density at radius 2 is 2.07 bits per heavy atom. The molecule has 1 aliphatic rings. The smallest absolute Gasteiger partial charge is 0.293 e. The van der Waals surface area contributed by atoms with Crippen molar-refractivity contribution in [1.82, 2.24) is 24.7 Å². The topological polar surface area (TPSA) is 90.5 Å². The number of aromatic nitrogens is 4. The quantitative estimate of drug-likeness (QED) is 0.686. The number of aryl methyl sites for hydroxylation is 2. The summed E-state index contributed by atoms with van der Waals surface area (Å²) >= 11 is 0. The first kappa shape index (κ1) is 19.3. The van der Waals surface area contributed by atoms with Crippen LogP contribution in [0.5, 0.6) is 0 Å². The maximum absolute atomic E-state index is 12.9. The first-order valence-electron chi connectivity index (χ1n) is 10.00. The Kier molecular flexibility index (Phi) is 5.44. The number of benzene rings is 1. The third-order valence-electron chi connectivity index (χ3n) is 5.24. The molecule has 152 valence electrons. The molecule has 4 rings (SSSR count). The highest BCUT2D eigenvalue weighted by atomic mass is 16.5. The van der Waals surface area contributed by atoms with Crippen LogP contribution in [-0.4, -0.2) is 44.6 Å². The molecule has 1 amide bonds. The fraction of sp³-hybridized carbons (Fsp3) is 0.429. The molecule has 0 bridgehead atoms. The summed E-state index contributed by atoms with van der Waals surface area (Å²) in [6.45, 7) is 4.94. The number of hydrogen-bond acceptors (Lipinski definition) is 5. The van der Waals surface area contributed by atoms with Gasteiger partial charge in [-0.25, -0.2) is 9.20 Å². The van der Waals surface area contributed by atoms with E-state index >= 15 is 0 Å². The van der Waals surface area contributed by atoms with Crippen molar-refractivity contribution in [1.29, 1.82) is 0 Å². The van der Waals surface area contributed by atoms with Gasteiger partial charge in [0.2, 0.25) is 5.91 Å². The summed E-state index contributed by atoms with van der Waals surface area (Å²) < 4.78 is 8.23. The van der Waals surface area contributed by atoms with Crippen LogP contribution in [0, 0.1) is 6.92 Å². The van der Waals surface area contributed by atoms with Gasteiger partial charge >= 0.3 is 0 Å². The van der Waals surface area contributed by atoms with Crippen LogP contribution in [0.15, 0.2) is 35.1 Å². The Balaban J connectivity index is 1.56. The standard InChI is InChI=1S/C21H25N5O3/c1-3-15-6-8-16(9-7-15)18-11-19-21(28)25(23-14(2)26(19)24-18)13-20(27)22-12-17-5-4-10-29-17/h6-9,11,17H,3-5,10,12-13H2,1-2H3,(H,22,27). The van der Waals surface area contributed by atoms with Gasteiger partial charge < -0.3 is 10.1 Å². The van der Waals surface area contributed by atoms with Crippen LogP contribution >= 0.6 is 0 Å². The Labute approximate surface area is 168 Å². The van der Waals surface area contributed by atoms with Crippen LogP contribution in [-0.2, 0) is 22.5 Å². The average Bonchev–Trinajstić information content (AvgIpc) is 3.41. The zero-order chi connectivity index (χ0) is 20.4. The molecule has 1 aliphatic heterocycles. The molecule has 0 spiro atoms. The maximum Gasteiger partial charge on any atom is 0.293 e. The number of nitrogens with zero attached hydrogens (tertiary/aromatic N) is 4. The molecule has 3 heterocycles. The lowest BCUT2D eigenvalue weighted by atomic mass is 10.1. The largest absolute Gasteiger partial charge is 0.376 e. The molecule has 3 aromatic rings. The summed E-state index contributed by atoms with van der Waals surface area (Å²) in [6, 6.07) is 9.86. The molecule has 1 unspecified atom stereocenters. The second-order valence-corrected chi connectivity index (χ2v) is 7.33. The molecule has 1 fully saturated rings. The summed E-state index contributed by atoms with van der Waals surface area (Å²) in [7, 11) is 0. The number of carbonyl (C=O) groups excluding carboxylic acids is 1. The second-order valence-electron chi connectivity index (χ2n) is 7.33. The number of amides is 1. The molecule has 29 heavy (non-hydrogen) atoms. The minimum atomic E-state index is -0.341. The molecule has 2 aromatic heterocycles. The molecule has 8 nitrogen and oxygen atoms in total. The number of carbonyl (C=O) groups is 1. The monoisotopic (exact) mass is 395 g/mol. The van der Waals surface area contributed by atoms with Crippen LogP contribution in [0.4, 0.5) is 0 Å². The third-order valence-corrected chi connectivity index (χ3v) is 5.24. The highest BCUT2D eigenvalue weighted by Crippen LogP contribution is 2.19. The van der Waals surface area contributed by atoms with Crippen LogP contribution in [0.25, 0.3) is 16.8 Å². The first-order valence-corrected chi connectivity index (χ1v) is 10.00. The van der Waals surface area contributed by atoms with E-state index in [9.17, 15) is 9.59 Å². The SMILES string of the molecule is CCc1ccc(-c2cc3c(=O)n(CC(=O)NCC4CCCO4)nc(C)n3n2)cc1. The van der Waals surface area contributed by atoms with Gasteiger partial charge in [-0.3, -0.25) is 9.59 Å². The van der Waals surface area contributed by atoms with E-state index in [0.29, 0.717) is 23.6 Å². The predicted octanol–water partition coefficient (Wildman–Crippen LogP) is 1.72. The highest BCUT2D eigenvalue weighted by molar-refractivity contribution is 5.75. The lowest BCUT2D eigenvalue weighted by molar-refractivity contribution is -0.122. The van der Waals surface area contributed by atoms with Crippen molar-refractivity contribution in [3.05, 3.63) is 52.1 Å². The molecule has 1 atom stereocenters. The van der Waals surface area contributed by atoms with Crippen LogP contribution in [0.2, 0.25) is 0 Å². The van der Waals surface area contributed by atoms with E-state index in [4.69, 9.17) is 4.74 Å². The summed E-state index contributed by atoms with van der Waals surface area (Å²) in [5.41, 5.74) is 2.94. The van der Waals surface area contributed by atoms with Gasteiger partial charge in [-0.1, -0.05) is 31.2 Å². The van der Waals surface area contributed by atoms with Crippen molar-refractivity contribution in [3.63, 3.8) is 0 Å². The number of fused-ring (bicyclic) bond motifs is 1. The van der Waals surface area contributed by atoms with Gasteiger partial charge in [-0.15, -0.1) is 0 Å². The van der Waals surface area contributed by atoms with Crippen molar-refractivity contribution in [3.8, 4) is 11.3 Å². The summed E-state index contributed by atoms with van der Waals surface area (Å²) in [5.74, 6) is 0.289. The van der Waals surface area contributed by atoms with Crippen molar-refractivity contribution < 1.29 is 9.53 Å². The van der Waals surface area contributed by atoms with E-state index in [0.717, 1.165) is 31.4 Å². The van der Waals surface area contributed by atoms with Gasteiger partial charge in [0.05, 0.1) is 11.8 Å². The van der Waals surface area contributed by atoms with Crippen molar-refractivity contribution >= 4 is 11.4 Å². The van der Waals surface area contributed by atoms with Crippen molar-refractivity contribution in [2.24, 2.45) is 0 Å². The summed E-state index contributed by atoms with van der Waals surface area (Å²) in [4.78, 5) is 25.1. The average molecular weight is 395 g/mol. The van der Waals surface area contributed by atoms with Gasteiger partial charge in [-0.05, 0) is 37.8 Å². The molecular weight excluding hydrogens is 370 g/mol. The minimum Gasteiger partial charge on any atom is -0.376 e. The van der Waals surface area contributed by atoms with Crippen molar-refractivity contribution in [2.75, 3.05) is 13.2 Å². The van der Waals surface area contributed by atoms with Crippen LogP contribution in [0.3, 0.4) is 0 Å². The Morgan fingerprint density at radius 3 is 2.76 bits per heavy atom. The van der Waals surface area contributed by atoms with E-state index in [1.165, 1.54) is 14.8 Å². The Morgan fingerprint density at radius 1 is 1.28 bits per heavy atom. The molecule has 1 N–H and O–H groups in total. The molecule has 1 aromatic carbocycles. The molecule has 0 aliphatic carbocycles. The number of ether oxygens (including phenoxy) is 1. The molecule has 0 saturated carbocycles. The Hall–Kier alpha value is -3.00. The van der Waals surface area contributed by atoms with E-state index in [1.54, 1.807) is 13.0 Å². The number of nitrogens with one attached hydrogen (secondary N) is 1. The molecule has 1 saturated heterocycles. The zero-order valence-corrected chi connectivity index (χ0v) is 16.7. The maximum atomic E-state index is 12.9. The molecule has 8 heteroatoms. The van der Waals surface area contributed by atoms with Crippen molar-refractivity contribution in [2.45, 2.75) is 45.8 Å². The molecular formula is C21H25N5O3. The number of hydrogen-bond donors (Lipinski definition) is 1. The number of rotatable bonds is 6. The van der Waals surface area contributed by atoms with E-state index in [-0.39, 0.29) is 24.1 Å². The normalized spacial score (nSPS) is 16.4. The lowest BCUT2D eigenvalue weighted by Gasteiger charge is -2.11. The fourth-order valence-corrected chi connectivity index (χ4v) is 3.56. The van der Waals surface area contributed by atoms with Gasteiger partial charge in [0, 0.05) is 18.7 Å².